The molecule has 0 aromatic heterocycles. The number of benzene rings is 4. The fourth-order valence-corrected chi connectivity index (χ4v) is 14.8. The lowest BCUT2D eigenvalue weighted by molar-refractivity contribution is -0.385. The zero-order valence-electron chi connectivity index (χ0n) is 36.5. The van der Waals surface area contributed by atoms with Crippen LogP contribution in [0.25, 0.3) is 0 Å². The fraction of sp³-hybridized carbons (Fsp3) is 0.538. The molecular formula is C52H60N4O8. The van der Waals surface area contributed by atoms with Crippen LogP contribution in [0.3, 0.4) is 0 Å². The molecule has 0 amide bonds. The molecule has 8 bridgehead atoms. The second kappa shape index (κ2) is 18.9. The van der Waals surface area contributed by atoms with Gasteiger partial charge in [-0.1, -0.05) is 74.2 Å². The number of nitro groups is 4. The molecule has 0 saturated heterocycles. The van der Waals surface area contributed by atoms with Crippen LogP contribution in [-0.4, -0.2) is 19.7 Å². The summed E-state index contributed by atoms with van der Waals surface area (Å²) in [6.45, 7) is 0. The Labute approximate surface area is 374 Å². The van der Waals surface area contributed by atoms with Gasteiger partial charge in [0.25, 0.3) is 22.7 Å². The summed E-state index contributed by atoms with van der Waals surface area (Å²) in [4.78, 5) is 48.0. The van der Waals surface area contributed by atoms with Crippen molar-refractivity contribution in [2.24, 2.45) is 47.3 Å². The van der Waals surface area contributed by atoms with Crippen LogP contribution >= 0.6 is 0 Å². The Morgan fingerprint density at radius 2 is 0.500 bits per heavy atom. The molecule has 12 heteroatoms. The lowest BCUT2D eigenvalue weighted by Gasteiger charge is -2.49. The van der Waals surface area contributed by atoms with Crippen molar-refractivity contribution in [3.63, 3.8) is 0 Å². The van der Waals surface area contributed by atoms with E-state index in [1.54, 1.807) is 24.3 Å². The van der Waals surface area contributed by atoms with Crippen molar-refractivity contribution in [3.05, 3.63) is 160 Å². The predicted octanol–water partition coefficient (Wildman–Crippen LogP) is 14.0. The van der Waals surface area contributed by atoms with E-state index in [1.807, 2.05) is 48.5 Å². The predicted molar refractivity (Wildman–Crippen MR) is 245 cm³/mol. The first kappa shape index (κ1) is 43.7. The third-order valence-corrected chi connectivity index (χ3v) is 16.9. The van der Waals surface area contributed by atoms with E-state index in [9.17, 15) is 40.5 Å². The number of hydrogen-bond acceptors (Lipinski definition) is 8. The second-order valence-corrected chi connectivity index (χ2v) is 20.3. The molecule has 64 heavy (non-hydrogen) atoms. The van der Waals surface area contributed by atoms with Crippen molar-refractivity contribution < 1.29 is 19.7 Å². The van der Waals surface area contributed by atoms with Crippen molar-refractivity contribution in [2.45, 2.75) is 126 Å². The van der Waals surface area contributed by atoms with Crippen molar-refractivity contribution in [1.29, 1.82) is 0 Å². The maximum absolute atomic E-state index is 12.3. The molecule has 0 N–H and O–H groups in total. The Kier molecular flexibility index (Phi) is 12.9. The molecular weight excluding hydrogens is 809 g/mol. The summed E-state index contributed by atoms with van der Waals surface area (Å²) in [6.07, 6.45) is 15.8. The Hall–Kier alpha value is -5.52. The fourth-order valence-electron chi connectivity index (χ4n) is 14.8. The smallest absolute Gasteiger partial charge is 0.258 e. The molecule has 9 rings (SSSR count). The summed E-state index contributed by atoms with van der Waals surface area (Å²) in [7, 11) is 0. The third kappa shape index (κ3) is 9.07. The van der Waals surface area contributed by atoms with Gasteiger partial charge in [0.1, 0.15) is 0 Å². The number of rotatable bonds is 8. The van der Waals surface area contributed by atoms with E-state index in [-0.39, 0.29) is 113 Å². The topological polar surface area (TPSA) is 173 Å². The molecule has 8 atom stereocenters. The first-order valence-electron chi connectivity index (χ1n) is 24.0. The van der Waals surface area contributed by atoms with Gasteiger partial charge in [0, 0.05) is 48.5 Å². The van der Waals surface area contributed by atoms with E-state index in [4.69, 9.17) is 0 Å². The molecule has 12 nitrogen and oxygen atoms in total. The number of non-ortho nitro benzene ring substituents is 4. The highest BCUT2D eigenvalue weighted by Gasteiger charge is 2.47. The van der Waals surface area contributed by atoms with Gasteiger partial charge in [-0.3, -0.25) is 40.5 Å². The number of nitro benzene ring substituents is 4. The molecule has 8 unspecified atom stereocenters. The molecule has 0 heterocycles. The van der Waals surface area contributed by atoms with Crippen molar-refractivity contribution in [1.82, 2.24) is 0 Å². The highest BCUT2D eigenvalue weighted by molar-refractivity contribution is 5.41. The van der Waals surface area contributed by atoms with Gasteiger partial charge < -0.3 is 0 Å². The standard InChI is InChI=1S/C52H60N4O8/c57-53(58)45-21-5-17-41(29-45)49-33-9-1-10-34(25-33)50(42-18-6-22-46(30-42)54(59)60)36-12-3-14-38(27-36)52(44-20-8-24-48(32-44)56(63)64)40-16-4-15-39(28-40)51(37-13-2-11-35(49)26-37)43-19-7-23-47(31-43)55(61)62/h5-8,17-24,29-40,49-52H,1-4,9-16,25-28H2. The summed E-state index contributed by atoms with van der Waals surface area (Å²) in [6, 6.07) is 29.4. The minimum atomic E-state index is -0.289. The van der Waals surface area contributed by atoms with E-state index < -0.39 is 0 Å². The Bertz CT molecular complexity index is 2000. The zero-order chi connectivity index (χ0) is 44.5. The molecule has 4 aromatic rings. The third-order valence-electron chi connectivity index (χ3n) is 16.9. The maximum atomic E-state index is 12.3. The monoisotopic (exact) mass is 868 g/mol. The summed E-state index contributed by atoms with van der Waals surface area (Å²) in [5.74, 6) is 2.40. The van der Waals surface area contributed by atoms with Crippen LogP contribution in [0.4, 0.5) is 22.7 Å². The van der Waals surface area contributed by atoms with Gasteiger partial charge in [-0.05, 0) is 170 Å². The number of fused-ring (bicyclic) bond motifs is 8. The minimum Gasteiger partial charge on any atom is -0.258 e. The van der Waals surface area contributed by atoms with Crippen molar-refractivity contribution in [3.8, 4) is 0 Å². The molecule has 4 aromatic carbocycles. The maximum Gasteiger partial charge on any atom is 0.269 e. The Morgan fingerprint density at radius 1 is 0.312 bits per heavy atom. The van der Waals surface area contributed by atoms with Crippen LogP contribution in [0.5, 0.6) is 0 Å². The van der Waals surface area contributed by atoms with Crippen LogP contribution in [0.15, 0.2) is 97.1 Å². The molecule has 5 saturated carbocycles. The zero-order valence-corrected chi connectivity index (χ0v) is 36.5. The van der Waals surface area contributed by atoms with Gasteiger partial charge in [-0.15, -0.1) is 0 Å². The molecule has 5 aliphatic rings. The lowest BCUT2D eigenvalue weighted by atomic mass is 9.55. The molecule has 336 valence electrons. The highest BCUT2D eigenvalue weighted by Crippen LogP contribution is 2.59. The van der Waals surface area contributed by atoms with Gasteiger partial charge >= 0.3 is 0 Å². The minimum absolute atomic E-state index is 0.0892. The van der Waals surface area contributed by atoms with Crippen LogP contribution in [0, 0.1) is 87.8 Å². The van der Waals surface area contributed by atoms with E-state index in [0.717, 1.165) is 125 Å². The van der Waals surface area contributed by atoms with Crippen LogP contribution in [-0.2, 0) is 0 Å². The number of nitrogens with zero attached hydrogens (tertiary/aromatic N) is 4. The Balaban J connectivity index is 1.21. The normalized spacial score (nSPS) is 31.9. The van der Waals surface area contributed by atoms with Crippen molar-refractivity contribution in [2.75, 3.05) is 0 Å². The molecule has 5 fully saturated rings. The van der Waals surface area contributed by atoms with E-state index in [0.29, 0.717) is 0 Å². The van der Waals surface area contributed by atoms with Gasteiger partial charge in [0.2, 0.25) is 0 Å². The average molecular weight is 869 g/mol. The van der Waals surface area contributed by atoms with Crippen LogP contribution in [0.1, 0.15) is 149 Å². The summed E-state index contributed by atoms with van der Waals surface area (Å²) in [5, 5.41) is 49.2. The highest BCUT2D eigenvalue weighted by atomic mass is 16.6. The molecule has 0 spiro atoms. The number of hydrogen-bond donors (Lipinski definition) is 0. The first-order chi connectivity index (χ1) is 31.0. The summed E-state index contributed by atoms with van der Waals surface area (Å²) in [5.41, 5.74) is 4.53. The van der Waals surface area contributed by atoms with Gasteiger partial charge in [0.15, 0.2) is 0 Å². The molecule has 5 aliphatic carbocycles. The van der Waals surface area contributed by atoms with Gasteiger partial charge in [-0.2, -0.15) is 0 Å². The molecule has 0 radical (unpaired) electrons. The Morgan fingerprint density at radius 3 is 0.672 bits per heavy atom. The van der Waals surface area contributed by atoms with E-state index in [1.165, 1.54) is 0 Å². The lowest BCUT2D eigenvalue weighted by Crippen LogP contribution is -2.38. The largest absolute Gasteiger partial charge is 0.269 e. The van der Waals surface area contributed by atoms with Gasteiger partial charge in [0.05, 0.1) is 19.7 Å². The average Bonchev–Trinajstić information content (AvgIpc) is 3.30. The van der Waals surface area contributed by atoms with E-state index >= 15 is 0 Å². The van der Waals surface area contributed by atoms with Crippen molar-refractivity contribution >= 4 is 22.7 Å². The second-order valence-electron chi connectivity index (χ2n) is 20.3. The summed E-state index contributed by atoms with van der Waals surface area (Å²) >= 11 is 0. The summed E-state index contributed by atoms with van der Waals surface area (Å²) < 4.78 is 0. The van der Waals surface area contributed by atoms with Gasteiger partial charge in [-0.25, -0.2) is 0 Å². The van der Waals surface area contributed by atoms with Crippen LogP contribution < -0.4 is 0 Å². The SMILES string of the molecule is O=[N+]([O-])c1cccc(C2C3CCCC(C3)C(c3cccc([N+](=O)[O-])c3)C3CCCC(C3)C(c3cccc([N+](=O)[O-])c3)C3CCCC(C3)C(c3cccc([N+](=O)[O-])c3)C3CCCC2C3)c1. The quantitative estimate of drug-likeness (QED) is 0.124. The van der Waals surface area contributed by atoms with E-state index in [2.05, 4.69) is 24.3 Å². The molecule has 0 aliphatic heterocycles. The van der Waals surface area contributed by atoms with Crippen LogP contribution in [0.2, 0.25) is 0 Å². The first-order valence-corrected chi connectivity index (χ1v) is 24.0.